The van der Waals surface area contributed by atoms with Gasteiger partial charge in [0.25, 0.3) is 0 Å². The molecule has 0 bridgehead atoms. The first kappa shape index (κ1) is 21.4. The summed E-state index contributed by atoms with van der Waals surface area (Å²) in [6.07, 6.45) is -3.97. The first-order valence-corrected chi connectivity index (χ1v) is 9.02. The first-order valence-electron chi connectivity index (χ1n) is 9.02. The van der Waals surface area contributed by atoms with Gasteiger partial charge in [0.1, 0.15) is 28.5 Å². The van der Waals surface area contributed by atoms with Gasteiger partial charge in [-0.15, -0.1) is 0 Å². The number of nitrogens with one attached hydrogen (secondary N) is 2. The van der Waals surface area contributed by atoms with E-state index < -0.39 is 23.4 Å². The van der Waals surface area contributed by atoms with E-state index in [1.165, 1.54) is 12.1 Å². The van der Waals surface area contributed by atoms with Gasteiger partial charge in [0, 0.05) is 17.6 Å². The largest absolute Gasteiger partial charge is 0.488 e. The number of ether oxygens (including phenoxy) is 1. The second-order valence-corrected chi connectivity index (χ2v) is 7.45. The summed E-state index contributed by atoms with van der Waals surface area (Å²) in [5.41, 5.74) is -0.558. The van der Waals surface area contributed by atoms with Crippen LogP contribution in [0.4, 0.5) is 40.7 Å². The predicted molar refractivity (Wildman–Crippen MR) is 107 cm³/mol. The topological polar surface area (TPSA) is 59.1 Å². The van der Waals surface area contributed by atoms with Crippen molar-refractivity contribution in [1.82, 2.24) is 9.97 Å². The highest BCUT2D eigenvalue weighted by molar-refractivity contribution is 5.63. The van der Waals surface area contributed by atoms with Gasteiger partial charge >= 0.3 is 6.18 Å². The number of alkyl halides is 3. The van der Waals surface area contributed by atoms with Crippen molar-refractivity contribution in [3.8, 4) is 5.75 Å². The molecular formula is C21H20F4N4O. The fourth-order valence-corrected chi connectivity index (χ4v) is 2.50. The number of hydrogen-bond donors (Lipinski definition) is 2. The van der Waals surface area contributed by atoms with Gasteiger partial charge < -0.3 is 15.4 Å². The maximum absolute atomic E-state index is 13.3. The molecule has 2 aromatic carbocycles. The van der Waals surface area contributed by atoms with E-state index in [1.807, 2.05) is 20.8 Å². The molecule has 5 nitrogen and oxygen atoms in total. The zero-order chi connectivity index (χ0) is 21.9. The van der Waals surface area contributed by atoms with Crippen LogP contribution in [0.5, 0.6) is 5.75 Å². The molecule has 0 spiro atoms. The van der Waals surface area contributed by atoms with Crippen LogP contribution in [-0.2, 0) is 6.18 Å². The smallest absolute Gasteiger partial charge is 0.421 e. The fraction of sp³-hybridized carbons (Fsp3) is 0.238. The summed E-state index contributed by atoms with van der Waals surface area (Å²) in [6, 6.07) is 11.8. The van der Waals surface area contributed by atoms with Crippen LogP contribution in [0.1, 0.15) is 26.3 Å². The molecule has 9 heteroatoms. The van der Waals surface area contributed by atoms with E-state index in [0.717, 1.165) is 12.1 Å². The Kier molecular flexibility index (Phi) is 5.82. The van der Waals surface area contributed by atoms with Gasteiger partial charge in [-0.05, 0) is 69.3 Å². The van der Waals surface area contributed by atoms with Crippen molar-refractivity contribution in [3.63, 3.8) is 0 Å². The lowest BCUT2D eigenvalue weighted by Crippen LogP contribution is -2.22. The second kappa shape index (κ2) is 8.17. The number of aromatic nitrogens is 2. The Morgan fingerprint density at radius 1 is 0.833 bits per heavy atom. The summed E-state index contributed by atoms with van der Waals surface area (Å²) < 4.78 is 58.8. The summed E-state index contributed by atoms with van der Waals surface area (Å²) in [4.78, 5) is 7.72. The van der Waals surface area contributed by atoms with E-state index in [9.17, 15) is 17.6 Å². The molecule has 0 saturated carbocycles. The highest BCUT2D eigenvalue weighted by atomic mass is 19.4. The third kappa shape index (κ3) is 5.82. The van der Waals surface area contributed by atoms with Gasteiger partial charge in [0.05, 0.1) is 0 Å². The van der Waals surface area contributed by atoms with Gasteiger partial charge in [-0.2, -0.15) is 18.2 Å². The van der Waals surface area contributed by atoms with E-state index in [4.69, 9.17) is 4.74 Å². The summed E-state index contributed by atoms with van der Waals surface area (Å²) in [5.74, 6) is -0.322. The van der Waals surface area contributed by atoms with Gasteiger partial charge in [0.15, 0.2) is 0 Å². The molecule has 30 heavy (non-hydrogen) atoms. The minimum atomic E-state index is -4.66. The number of nitrogens with zero attached hydrogens (tertiary/aromatic N) is 2. The third-order valence-corrected chi connectivity index (χ3v) is 3.74. The quantitative estimate of drug-likeness (QED) is 0.475. The van der Waals surface area contributed by atoms with Crippen LogP contribution >= 0.6 is 0 Å². The van der Waals surface area contributed by atoms with Crippen molar-refractivity contribution in [2.45, 2.75) is 32.5 Å². The van der Waals surface area contributed by atoms with Crippen molar-refractivity contribution >= 4 is 23.1 Å². The zero-order valence-electron chi connectivity index (χ0n) is 16.5. The van der Waals surface area contributed by atoms with Crippen molar-refractivity contribution in [1.29, 1.82) is 0 Å². The standard InChI is InChI=1S/C21H20F4N4O/c1-20(2,3)30-16-10-8-15(9-11-16)28-19-26-12-17(21(23,24)25)18(29-19)27-14-6-4-13(22)5-7-14/h4-12H,1-3H3,(H2,26,27,28,29). The number of halogens is 4. The zero-order valence-corrected chi connectivity index (χ0v) is 16.5. The number of rotatable bonds is 5. The third-order valence-electron chi connectivity index (χ3n) is 3.74. The van der Waals surface area contributed by atoms with E-state index in [1.54, 1.807) is 24.3 Å². The first-order chi connectivity index (χ1) is 14.0. The van der Waals surface area contributed by atoms with Gasteiger partial charge in [-0.1, -0.05) is 0 Å². The lowest BCUT2D eigenvalue weighted by molar-refractivity contribution is -0.137. The van der Waals surface area contributed by atoms with Crippen molar-refractivity contribution in [3.05, 3.63) is 66.1 Å². The van der Waals surface area contributed by atoms with Crippen LogP contribution in [0.3, 0.4) is 0 Å². The van der Waals surface area contributed by atoms with E-state index in [2.05, 4.69) is 20.6 Å². The predicted octanol–water partition coefficient (Wildman–Crippen LogP) is 6.30. The maximum Gasteiger partial charge on any atom is 0.421 e. The molecule has 0 aliphatic heterocycles. The Morgan fingerprint density at radius 3 is 1.97 bits per heavy atom. The Balaban J connectivity index is 1.84. The van der Waals surface area contributed by atoms with E-state index in [-0.39, 0.29) is 17.2 Å². The van der Waals surface area contributed by atoms with Crippen LogP contribution in [0.25, 0.3) is 0 Å². The van der Waals surface area contributed by atoms with Gasteiger partial charge in [-0.3, -0.25) is 0 Å². The summed E-state index contributed by atoms with van der Waals surface area (Å²) in [6.45, 7) is 5.76. The van der Waals surface area contributed by atoms with Crippen molar-refractivity contribution in [2.75, 3.05) is 10.6 Å². The molecular weight excluding hydrogens is 400 g/mol. The molecule has 3 rings (SSSR count). The fourth-order valence-electron chi connectivity index (χ4n) is 2.50. The van der Waals surface area contributed by atoms with Crippen molar-refractivity contribution in [2.24, 2.45) is 0 Å². The SMILES string of the molecule is CC(C)(C)Oc1ccc(Nc2ncc(C(F)(F)F)c(Nc3ccc(F)cc3)n2)cc1. The average Bonchev–Trinajstić information content (AvgIpc) is 2.63. The molecule has 0 aliphatic carbocycles. The summed E-state index contributed by atoms with van der Waals surface area (Å²) in [5, 5.41) is 5.43. The number of anilines is 4. The lowest BCUT2D eigenvalue weighted by atomic mass is 10.2. The van der Waals surface area contributed by atoms with Gasteiger partial charge in [-0.25, -0.2) is 9.37 Å². The highest BCUT2D eigenvalue weighted by Gasteiger charge is 2.35. The molecule has 1 aromatic heterocycles. The minimum Gasteiger partial charge on any atom is -0.488 e. The molecule has 0 aliphatic rings. The molecule has 158 valence electrons. The monoisotopic (exact) mass is 420 g/mol. The second-order valence-electron chi connectivity index (χ2n) is 7.45. The molecule has 1 heterocycles. The average molecular weight is 420 g/mol. The number of hydrogen-bond acceptors (Lipinski definition) is 5. The molecule has 0 unspecified atom stereocenters. The van der Waals surface area contributed by atoms with Crippen LogP contribution in [0, 0.1) is 5.82 Å². The highest BCUT2D eigenvalue weighted by Crippen LogP contribution is 2.35. The normalized spacial score (nSPS) is 11.8. The van der Waals surface area contributed by atoms with E-state index >= 15 is 0 Å². The molecule has 0 saturated heterocycles. The maximum atomic E-state index is 13.3. The Labute approximate surface area is 171 Å². The molecule has 3 aromatic rings. The molecule has 0 atom stereocenters. The molecule has 0 radical (unpaired) electrons. The Bertz CT molecular complexity index is 998. The van der Waals surface area contributed by atoms with Crippen LogP contribution in [0.2, 0.25) is 0 Å². The molecule has 2 N–H and O–H groups in total. The summed E-state index contributed by atoms with van der Waals surface area (Å²) in [7, 11) is 0. The van der Waals surface area contributed by atoms with E-state index in [0.29, 0.717) is 17.6 Å². The van der Waals surface area contributed by atoms with Crippen molar-refractivity contribution < 1.29 is 22.3 Å². The number of benzene rings is 2. The summed E-state index contributed by atoms with van der Waals surface area (Å²) >= 11 is 0. The molecule has 0 fully saturated rings. The van der Waals surface area contributed by atoms with Crippen LogP contribution < -0.4 is 15.4 Å². The lowest BCUT2D eigenvalue weighted by Gasteiger charge is -2.21. The van der Waals surface area contributed by atoms with Crippen LogP contribution in [-0.4, -0.2) is 15.6 Å². The Morgan fingerprint density at radius 2 is 1.40 bits per heavy atom. The molecule has 0 amide bonds. The van der Waals surface area contributed by atoms with Crippen LogP contribution in [0.15, 0.2) is 54.7 Å². The Hall–Kier alpha value is -3.36. The minimum absolute atomic E-state index is 0.0305. The van der Waals surface area contributed by atoms with Gasteiger partial charge in [0.2, 0.25) is 5.95 Å².